The van der Waals surface area contributed by atoms with Gasteiger partial charge in [0, 0.05) is 18.7 Å². The fraction of sp³-hybridized carbons (Fsp3) is 0.278. The van der Waals surface area contributed by atoms with Crippen LogP contribution in [0.2, 0.25) is 0 Å². The topological polar surface area (TPSA) is 114 Å². The van der Waals surface area contributed by atoms with E-state index in [9.17, 15) is 9.59 Å². The zero-order valence-electron chi connectivity index (χ0n) is 14.6. The maximum absolute atomic E-state index is 12.8. The van der Waals surface area contributed by atoms with Crippen LogP contribution in [0.5, 0.6) is 0 Å². The molecule has 1 atom stereocenters. The van der Waals surface area contributed by atoms with Gasteiger partial charge >= 0.3 is 0 Å². The van der Waals surface area contributed by atoms with Crippen LogP contribution in [0.25, 0.3) is 11.4 Å². The first-order valence-corrected chi connectivity index (χ1v) is 8.50. The molecule has 138 valence electrons. The molecule has 1 saturated heterocycles. The van der Waals surface area contributed by atoms with Crippen molar-refractivity contribution in [2.45, 2.75) is 19.4 Å². The van der Waals surface area contributed by atoms with Gasteiger partial charge in [0.25, 0.3) is 5.91 Å². The molecule has 1 N–H and O–H groups in total. The maximum Gasteiger partial charge on any atom is 0.292 e. The molecule has 0 radical (unpaired) electrons. The van der Waals surface area contributed by atoms with Gasteiger partial charge in [-0.1, -0.05) is 35.5 Å². The molecule has 0 saturated carbocycles. The van der Waals surface area contributed by atoms with E-state index in [2.05, 4.69) is 20.4 Å². The normalized spacial score (nSPS) is 17.0. The second kappa shape index (κ2) is 7.02. The monoisotopic (exact) mass is 367 g/mol. The Morgan fingerprint density at radius 3 is 2.89 bits per heavy atom. The highest BCUT2D eigenvalue weighted by Gasteiger charge is 2.36. The number of benzene rings is 1. The van der Waals surface area contributed by atoms with E-state index in [1.807, 2.05) is 30.3 Å². The van der Waals surface area contributed by atoms with E-state index < -0.39 is 6.04 Å². The van der Waals surface area contributed by atoms with Gasteiger partial charge in [-0.05, 0) is 6.92 Å². The molecular formula is C18H17N5O4. The van der Waals surface area contributed by atoms with Crippen LogP contribution in [-0.4, -0.2) is 51.0 Å². The minimum atomic E-state index is -0.764. The molecule has 9 heteroatoms. The van der Waals surface area contributed by atoms with E-state index >= 15 is 0 Å². The number of piperazine rings is 1. The number of aryl methyl sites for hydroxylation is 1. The number of carbonyl (C=O) groups excluding carboxylic acids is 2. The summed E-state index contributed by atoms with van der Waals surface area (Å²) in [6.45, 7) is 2.41. The third kappa shape index (κ3) is 3.31. The van der Waals surface area contributed by atoms with Gasteiger partial charge in [0.05, 0.1) is 12.1 Å². The number of nitrogens with one attached hydrogen (secondary N) is 1. The van der Waals surface area contributed by atoms with Crippen LogP contribution < -0.4 is 5.32 Å². The van der Waals surface area contributed by atoms with E-state index in [0.717, 1.165) is 5.56 Å². The molecule has 0 bridgehead atoms. The third-order valence-corrected chi connectivity index (χ3v) is 4.40. The predicted molar refractivity (Wildman–Crippen MR) is 92.5 cm³/mol. The molecule has 3 aromatic rings. The van der Waals surface area contributed by atoms with Gasteiger partial charge in [0.1, 0.15) is 6.04 Å². The van der Waals surface area contributed by atoms with Crippen molar-refractivity contribution >= 4 is 11.8 Å². The average molecular weight is 367 g/mol. The Kier molecular flexibility index (Phi) is 4.41. The van der Waals surface area contributed by atoms with Gasteiger partial charge in [0.15, 0.2) is 6.39 Å². The van der Waals surface area contributed by atoms with Gasteiger partial charge in [-0.25, -0.2) is 4.98 Å². The quantitative estimate of drug-likeness (QED) is 0.737. The van der Waals surface area contributed by atoms with Crippen molar-refractivity contribution in [1.82, 2.24) is 25.3 Å². The molecule has 2 amide bonds. The van der Waals surface area contributed by atoms with Gasteiger partial charge in [-0.15, -0.1) is 0 Å². The molecule has 3 heterocycles. The first-order chi connectivity index (χ1) is 13.1. The fourth-order valence-corrected chi connectivity index (χ4v) is 3.01. The molecule has 27 heavy (non-hydrogen) atoms. The van der Waals surface area contributed by atoms with Crippen LogP contribution >= 0.6 is 0 Å². The Balaban J connectivity index is 1.57. The third-order valence-electron chi connectivity index (χ3n) is 4.40. The van der Waals surface area contributed by atoms with E-state index in [1.165, 1.54) is 11.3 Å². The number of rotatable bonds is 4. The molecule has 1 fully saturated rings. The number of nitrogens with zero attached hydrogens (tertiary/aromatic N) is 4. The van der Waals surface area contributed by atoms with Crippen molar-refractivity contribution in [3.63, 3.8) is 0 Å². The van der Waals surface area contributed by atoms with E-state index in [4.69, 9.17) is 8.94 Å². The first kappa shape index (κ1) is 17.0. The van der Waals surface area contributed by atoms with Crippen molar-refractivity contribution in [3.05, 3.63) is 54.1 Å². The molecular weight excluding hydrogens is 350 g/mol. The van der Waals surface area contributed by atoms with Crippen LogP contribution in [0.3, 0.4) is 0 Å². The minimum absolute atomic E-state index is 0.116. The zero-order valence-corrected chi connectivity index (χ0v) is 14.6. The Bertz CT molecular complexity index is 965. The highest BCUT2D eigenvalue weighted by Crippen LogP contribution is 2.19. The van der Waals surface area contributed by atoms with Crippen LogP contribution in [-0.2, 0) is 11.2 Å². The lowest BCUT2D eigenvalue weighted by Crippen LogP contribution is -2.58. The molecule has 9 nitrogen and oxygen atoms in total. The van der Waals surface area contributed by atoms with Crippen LogP contribution in [0.1, 0.15) is 22.1 Å². The molecule has 2 aromatic heterocycles. The van der Waals surface area contributed by atoms with E-state index in [-0.39, 0.29) is 29.9 Å². The standard InChI is InChI=1S/C18H17N5O4/c1-11-15(26-10-20-11)18(25)23-8-7-19-17(24)13(23)9-14-21-16(22-27-14)12-5-3-2-4-6-12/h2-6,10,13H,7-9H2,1H3,(H,19,24). The van der Waals surface area contributed by atoms with Gasteiger partial charge in [-0.2, -0.15) is 4.98 Å². The summed E-state index contributed by atoms with van der Waals surface area (Å²) in [5, 5.41) is 6.73. The number of oxazole rings is 1. The second-order valence-electron chi connectivity index (χ2n) is 6.15. The fourth-order valence-electron chi connectivity index (χ4n) is 3.01. The summed E-state index contributed by atoms with van der Waals surface area (Å²) in [6, 6.07) is 8.61. The SMILES string of the molecule is Cc1ncoc1C(=O)N1CCNC(=O)C1Cc1nc(-c2ccccc2)no1. The lowest BCUT2D eigenvalue weighted by atomic mass is 10.1. The summed E-state index contributed by atoms with van der Waals surface area (Å²) in [4.78, 5) is 35.0. The zero-order chi connectivity index (χ0) is 18.8. The van der Waals surface area contributed by atoms with E-state index in [1.54, 1.807) is 6.92 Å². The minimum Gasteiger partial charge on any atom is -0.438 e. The predicted octanol–water partition coefficient (Wildman–Crippen LogP) is 1.22. The molecule has 1 aliphatic heterocycles. The molecule has 4 rings (SSSR count). The Labute approximate surface area is 154 Å². The number of hydrogen-bond acceptors (Lipinski definition) is 7. The highest BCUT2D eigenvalue weighted by molar-refractivity contribution is 5.97. The molecule has 1 aliphatic rings. The van der Waals surface area contributed by atoms with Crippen LogP contribution in [0.15, 0.2) is 45.7 Å². The Morgan fingerprint density at radius 1 is 1.33 bits per heavy atom. The first-order valence-electron chi connectivity index (χ1n) is 8.50. The van der Waals surface area contributed by atoms with Crippen molar-refractivity contribution < 1.29 is 18.5 Å². The molecule has 0 aliphatic carbocycles. The van der Waals surface area contributed by atoms with Crippen molar-refractivity contribution in [1.29, 1.82) is 0 Å². The summed E-state index contributed by atoms with van der Waals surface area (Å²) in [5.74, 6) is 0.192. The largest absolute Gasteiger partial charge is 0.438 e. The van der Waals surface area contributed by atoms with Crippen LogP contribution in [0.4, 0.5) is 0 Å². The van der Waals surface area contributed by atoms with Crippen molar-refractivity contribution in [2.24, 2.45) is 0 Å². The Hall–Kier alpha value is -3.49. The van der Waals surface area contributed by atoms with Crippen molar-refractivity contribution in [3.8, 4) is 11.4 Å². The summed E-state index contributed by atoms with van der Waals surface area (Å²) in [6.07, 6.45) is 1.33. The van der Waals surface area contributed by atoms with Gasteiger partial charge in [-0.3, -0.25) is 9.59 Å². The number of carbonyl (C=O) groups is 2. The smallest absolute Gasteiger partial charge is 0.292 e. The lowest BCUT2D eigenvalue weighted by Gasteiger charge is -2.33. The lowest BCUT2D eigenvalue weighted by molar-refractivity contribution is -0.128. The molecule has 1 aromatic carbocycles. The maximum atomic E-state index is 12.8. The Morgan fingerprint density at radius 2 is 2.15 bits per heavy atom. The highest BCUT2D eigenvalue weighted by atomic mass is 16.5. The van der Waals surface area contributed by atoms with Crippen LogP contribution in [0, 0.1) is 6.92 Å². The van der Waals surface area contributed by atoms with E-state index in [0.29, 0.717) is 24.6 Å². The van der Waals surface area contributed by atoms with Crippen molar-refractivity contribution in [2.75, 3.05) is 13.1 Å². The summed E-state index contributed by atoms with van der Waals surface area (Å²) in [5.41, 5.74) is 1.29. The van der Waals surface area contributed by atoms with Gasteiger partial charge in [0.2, 0.25) is 23.4 Å². The second-order valence-corrected chi connectivity index (χ2v) is 6.15. The van der Waals surface area contributed by atoms with Gasteiger partial charge < -0.3 is 19.2 Å². The number of aromatic nitrogens is 3. The molecule has 0 spiro atoms. The molecule has 1 unspecified atom stereocenters. The summed E-state index contributed by atoms with van der Waals surface area (Å²) in [7, 11) is 0. The number of amides is 2. The average Bonchev–Trinajstić information content (AvgIpc) is 3.32. The summed E-state index contributed by atoms with van der Waals surface area (Å²) < 4.78 is 10.5. The number of hydrogen-bond donors (Lipinski definition) is 1. The summed E-state index contributed by atoms with van der Waals surface area (Å²) >= 11 is 0.